The Morgan fingerprint density at radius 2 is 1.93 bits per heavy atom. The van der Waals surface area contributed by atoms with Gasteiger partial charge in [0.25, 0.3) is 0 Å². The van der Waals surface area contributed by atoms with Gasteiger partial charge in [0.05, 0.1) is 12.6 Å². The summed E-state index contributed by atoms with van der Waals surface area (Å²) in [4.78, 5) is 13.3. The number of aliphatic imine (C=N–C) groups is 1. The van der Waals surface area contributed by atoms with Gasteiger partial charge in [-0.05, 0) is 49.9 Å². The molecule has 0 aliphatic heterocycles. The lowest BCUT2D eigenvalue weighted by atomic mass is 10.1. The van der Waals surface area contributed by atoms with Gasteiger partial charge in [0.2, 0.25) is 5.88 Å². The van der Waals surface area contributed by atoms with Crippen LogP contribution in [-0.4, -0.2) is 35.1 Å². The maximum absolute atomic E-state index is 5.94. The zero-order valence-electron chi connectivity index (χ0n) is 17.9. The summed E-state index contributed by atoms with van der Waals surface area (Å²) in [5, 5.41) is 6.64. The van der Waals surface area contributed by atoms with E-state index in [9.17, 15) is 0 Å². The van der Waals surface area contributed by atoms with Crippen molar-refractivity contribution in [3.63, 3.8) is 0 Å². The van der Waals surface area contributed by atoms with Gasteiger partial charge in [0.15, 0.2) is 5.96 Å². The molecule has 2 heterocycles. The quantitative estimate of drug-likeness (QED) is 0.284. The van der Waals surface area contributed by atoms with Crippen LogP contribution in [0.3, 0.4) is 0 Å². The van der Waals surface area contributed by atoms with E-state index in [0.29, 0.717) is 18.3 Å². The largest absolute Gasteiger partial charge is 0.475 e. The van der Waals surface area contributed by atoms with E-state index >= 15 is 0 Å². The summed E-state index contributed by atoms with van der Waals surface area (Å²) in [6.07, 6.45) is 5.61. The van der Waals surface area contributed by atoms with Crippen LogP contribution in [0.5, 0.6) is 5.88 Å². The fourth-order valence-electron chi connectivity index (χ4n) is 2.90. The topological polar surface area (TPSA) is 71.4 Å². The Morgan fingerprint density at radius 3 is 2.62 bits per heavy atom. The number of aromatic nitrogens is 2. The molecule has 0 radical (unpaired) electrons. The van der Waals surface area contributed by atoms with Crippen LogP contribution in [0, 0.1) is 5.92 Å². The van der Waals surface area contributed by atoms with Crippen molar-refractivity contribution in [2.45, 2.75) is 53.2 Å². The number of hydrogen-bond acceptors (Lipinski definition) is 4. The van der Waals surface area contributed by atoms with Crippen LogP contribution in [-0.2, 0) is 13.0 Å². The first-order valence-corrected chi connectivity index (χ1v) is 10.1. The van der Waals surface area contributed by atoms with Crippen molar-refractivity contribution in [3.8, 4) is 5.88 Å². The van der Waals surface area contributed by atoms with Crippen molar-refractivity contribution in [3.05, 3.63) is 54.0 Å². The van der Waals surface area contributed by atoms with Gasteiger partial charge in [-0.25, -0.2) is 9.98 Å². The third-order valence-electron chi connectivity index (χ3n) is 4.09. The van der Waals surface area contributed by atoms with Crippen molar-refractivity contribution in [2.24, 2.45) is 10.9 Å². The fraction of sp³-hybridized carbons (Fsp3) is 0.500. The first-order valence-electron chi connectivity index (χ1n) is 10.1. The van der Waals surface area contributed by atoms with E-state index in [0.717, 1.165) is 43.1 Å². The molecule has 0 aliphatic rings. The minimum Gasteiger partial charge on any atom is -0.475 e. The summed E-state index contributed by atoms with van der Waals surface area (Å²) in [5.74, 6) is 2.06. The lowest BCUT2D eigenvalue weighted by Gasteiger charge is -2.16. The second kappa shape index (κ2) is 14.1. The molecule has 7 heteroatoms. The van der Waals surface area contributed by atoms with Crippen LogP contribution in [0.2, 0.25) is 0 Å². The highest BCUT2D eigenvalue weighted by Crippen LogP contribution is 2.15. The van der Waals surface area contributed by atoms with Crippen molar-refractivity contribution in [1.82, 2.24) is 20.6 Å². The van der Waals surface area contributed by atoms with Gasteiger partial charge in [-0.2, -0.15) is 0 Å². The number of nitrogens with zero attached hydrogens (tertiary/aromatic N) is 3. The van der Waals surface area contributed by atoms with Crippen LogP contribution in [0.25, 0.3) is 0 Å². The zero-order chi connectivity index (χ0) is 20.2. The summed E-state index contributed by atoms with van der Waals surface area (Å²) < 4.78 is 5.94. The van der Waals surface area contributed by atoms with Crippen molar-refractivity contribution < 1.29 is 4.74 Å². The Bertz CT molecular complexity index is 724. The number of guanidine groups is 1. The molecule has 0 fully saturated rings. The fourth-order valence-corrected chi connectivity index (χ4v) is 2.90. The standard InChI is InChI=1S/C22H33N5O.HI/c1-5-23-22(26-13-10-20-8-6-7-11-24-20)27-16-19-9-12-25-21(15-19)28-18(4)14-17(2)3;/h6-9,11-12,15,17-18H,5,10,13-14,16H2,1-4H3,(H2,23,26,27);1H. The summed E-state index contributed by atoms with van der Waals surface area (Å²) in [7, 11) is 0. The van der Waals surface area contributed by atoms with Crippen molar-refractivity contribution in [1.29, 1.82) is 0 Å². The Morgan fingerprint density at radius 1 is 1.10 bits per heavy atom. The van der Waals surface area contributed by atoms with Crippen LogP contribution in [0.4, 0.5) is 0 Å². The van der Waals surface area contributed by atoms with Gasteiger partial charge < -0.3 is 15.4 Å². The first-order chi connectivity index (χ1) is 13.6. The van der Waals surface area contributed by atoms with Gasteiger partial charge in [0, 0.05) is 43.7 Å². The second-order valence-corrected chi connectivity index (χ2v) is 7.25. The Hall–Kier alpha value is -1.90. The van der Waals surface area contributed by atoms with Crippen LogP contribution in [0.1, 0.15) is 45.4 Å². The molecular weight excluding hydrogens is 477 g/mol. The van der Waals surface area contributed by atoms with E-state index < -0.39 is 0 Å². The molecule has 0 saturated carbocycles. The molecule has 1 atom stereocenters. The number of nitrogens with one attached hydrogen (secondary N) is 2. The Labute approximate surface area is 192 Å². The highest BCUT2D eigenvalue weighted by Gasteiger charge is 2.08. The first kappa shape index (κ1) is 25.1. The molecule has 0 amide bonds. The van der Waals surface area contributed by atoms with Crippen molar-refractivity contribution >= 4 is 29.9 Å². The molecule has 0 aliphatic carbocycles. The molecule has 29 heavy (non-hydrogen) atoms. The third kappa shape index (κ3) is 10.4. The summed E-state index contributed by atoms with van der Waals surface area (Å²) >= 11 is 0. The van der Waals surface area contributed by atoms with E-state index in [1.165, 1.54) is 0 Å². The SMILES string of the molecule is CCNC(=NCc1ccnc(OC(C)CC(C)C)c1)NCCc1ccccn1.I. The number of hydrogen-bond donors (Lipinski definition) is 2. The van der Waals surface area contributed by atoms with E-state index in [1.807, 2.05) is 36.5 Å². The summed E-state index contributed by atoms with van der Waals surface area (Å²) in [6, 6.07) is 9.91. The maximum atomic E-state index is 5.94. The molecule has 0 spiro atoms. The third-order valence-corrected chi connectivity index (χ3v) is 4.09. The van der Waals surface area contributed by atoms with E-state index in [1.54, 1.807) is 6.20 Å². The molecule has 0 aromatic carbocycles. The van der Waals surface area contributed by atoms with Gasteiger partial charge >= 0.3 is 0 Å². The van der Waals surface area contributed by atoms with Crippen LogP contribution < -0.4 is 15.4 Å². The highest BCUT2D eigenvalue weighted by molar-refractivity contribution is 14.0. The number of halogens is 1. The summed E-state index contributed by atoms with van der Waals surface area (Å²) in [6.45, 7) is 10.7. The summed E-state index contributed by atoms with van der Waals surface area (Å²) in [5.41, 5.74) is 2.14. The smallest absolute Gasteiger partial charge is 0.213 e. The molecule has 1 unspecified atom stereocenters. The maximum Gasteiger partial charge on any atom is 0.213 e. The molecule has 6 nitrogen and oxygen atoms in total. The van der Waals surface area contributed by atoms with E-state index in [2.05, 4.69) is 53.3 Å². The Balaban J connectivity index is 0.00000420. The lowest BCUT2D eigenvalue weighted by Crippen LogP contribution is -2.38. The molecule has 0 bridgehead atoms. The predicted octanol–water partition coefficient (Wildman–Crippen LogP) is 4.21. The lowest BCUT2D eigenvalue weighted by molar-refractivity contribution is 0.185. The average molecular weight is 511 g/mol. The minimum atomic E-state index is 0. The zero-order valence-corrected chi connectivity index (χ0v) is 20.2. The van der Waals surface area contributed by atoms with Gasteiger partial charge in [-0.3, -0.25) is 4.98 Å². The van der Waals surface area contributed by atoms with E-state index in [-0.39, 0.29) is 30.1 Å². The van der Waals surface area contributed by atoms with Crippen LogP contribution >= 0.6 is 24.0 Å². The average Bonchev–Trinajstić information content (AvgIpc) is 2.66. The number of ether oxygens (including phenoxy) is 1. The monoisotopic (exact) mass is 511 g/mol. The van der Waals surface area contributed by atoms with Crippen molar-refractivity contribution in [2.75, 3.05) is 13.1 Å². The highest BCUT2D eigenvalue weighted by atomic mass is 127. The van der Waals surface area contributed by atoms with Crippen LogP contribution in [0.15, 0.2) is 47.7 Å². The van der Waals surface area contributed by atoms with E-state index in [4.69, 9.17) is 4.74 Å². The number of rotatable bonds is 10. The van der Waals surface area contributed by atoms with Gasteiger partial charge in [0.1, 0.15) is 0 Å². The van der Waals surface area contributed by atoms with Gasteiger partial charge in [-0.15, -0.1) is 24.0 Å². The molecule has 2 N–H and O–H groups in total. The molecule has 2 aromatic rings. The predicted molar refractivity (Wildman–Crippen MR) is 130 cm³/mol. The molecule has 160 valence electrons. The second-order valence-electron chi connectivity index (χ2n) is 7.25. The molecule has 2 rings (SSSR count). The normalized spacial score (nSPS) is 12.2. The minimum absolute atomic E-state index is 0. The number of pyridine rings is 2. The molecule has 0 saturated heterocycles. The Kier molecular flexibility index (Phi) is 12.3. The molecular formula is C22H34IN5O. The molecule has 2 aromatic heterocycles. The van der Waals surface area contributed by atoms with Gasteiger partial charge in [-0.1, -0.05) is 19.9 Å².